The van der Waals surface area contributed by atoms with Crippen LogP contribution in [0.1, 0.15) is 43.9 Å². The molecule has 0 spiro atoms. The number of aromatic nitrogens is 2. The molecule has 1 fully saturated rings. The zero-order chi connectivity index (χ0) is 45.3. The molecule has 0 bridgehead atoms. The molecule has 32 heteroatoms. The van der Waals surface area contributed by atoms with Gasteiger partial charge in [-0.1, -0.05) is 21.6 Å². The van der Waals surface area contributed by atoms with E-state index < -0.39 is 148 Å². The average Bonchev–Trinajstić information content (AvgIpc) is 3.54. The fraction of sp³-hybridized carbons (Fsp3) is 0.600. The van der Waals surface area contributed by atoms with Crippen LogP contribution in [0.5, 0.6) is 0 Å². The third-order valence-corrected chi connectivity index (χ3v) is 11.6. The second kappa shape index (κ2) is 28.8. The second-order valence-electron chi connectivity index (χ2n) is 12.8. The predicted molar refractivity (Wildman–Crippen MR) is 205 cm³/mol. The molecule has 1 aromatic rings. The predicted octanol–water partition coefficient (Wildman–Crippen LogP) is -10.6. The molecule has 1 aliphatic rings. The van der Waals surface area contributed by atoms with Gasteiger partial charge in [-0.05, 0) is 19.8 Å². The molecule has 27 nitrogen and oxygen atoms in total. The summed E-state index contributed by atoms with van der Waals surface area (Å²) >= 11 is 0. The van der Waals surface area contributed by atoms with Gasteiger partial charge in [0.15, 0.2) is 0 Å². The number of aryl methyl sites for hydroxylation is 1. The first-order valence-electron chi connectivity index (χ1n) is 17.4. The number of hydrogen-bond acceptors (Lipinski definition) is 17. The van der Waals surface area contributed by atoms with Gasteiger partial charge in [-0.2, -0.15) is 0 Å². The Morgan fingerprint density at radius 3 is 1.85 bits per heavy atom. The molecule has 14 N–H and O–H groups in total. The van der Waals surface area contributed by atoms with Gasteiger partial charge in [0, 0.05) is 42.5 Å². The number of H-pyrrole nitrogens is 1. The van der Waals surface area contributed by atoms with Gasteiger partial charge in [0.25, 0.3) is 5.56 Å². The number of aliphatic carboxylic acids is 4. The van der Waals surface area contributed by atoms with Crippen molar-refractivity contribution in [3.63, 3.8) is 0 Å². The summed E-state index contributed by atoms with van der Waals surface area (Å²) in [4.78, 5) is 132. The van der Waals surface area contributed by atoms with E-state index in [4.69, 9.17) is 30.3 Å². The number of carboxylic acids is 4. The SMILES string of the molecule is Cc1cn([C@@H]2C[C@@H](O)C(COP(=O)(O)NC(CCC(=O)NC(CSSCC(NC(=O)CCC(N)C(=O)O)C(=O)NCC(=O)O)C(=O)NCC(=O)O)C(=O)O)O2)c(=O)[nH]c1=O.[Na+].[Na+]. The van der Waals surface area contributed by atoms with Gasteiger partial charge < -0.3 is 62.2 Å². The van der Waals surface area contributed by atoms with Crippen LogP contribution in [0.3, 0.4) is 0 Å². The van der Waals surface area contributed by atoms with Crippen molar-refractivity contribution in [2.24, 2.45) is 5.73 Å². The molecule has 0 aromatic carbocycles. The standard InChI is InChI=1S/C30H45N8O19PS2.2Na/c1-13-9-38(30(53)36-25(13)46)22-6-18(39)19(57-22)10-56-58(54,55)37-15(29(51)52)3-5-21(41)35-17(27(48)33-8-24(44)45)12-60-59-11-16(26(47)32-7-23(42)43)34-20(40)4-2-14(31)28(49)50;;/h9,14-19,22,39H,2-8,10-12,31H2,1H3,(H,32,47)(H,33,48)(H,34,40)(H,35,41)(H,42,43)(H,44,45)(H,49,50)(H,51,52)(H,36,46,53)(H2,37,54,55);;/q;2*+1/t14?,15?,16?,17?,18-,19?,22+;;/m1../s1. The van der Waals surface area contributed by atoms with Gasteiger partial charge in [-0.3, -0.25) is 57.2 Å². The molecular weight excluding hydrogens is 917 g/mol. The first kappa shape index (κ1) is 59.1. The Bertz CT molecular complexity index is 1930. The molecule has 2 heterocycles. The molecule has 8 atom stereocenters. The zero-order valence-electron chi connectivity index (χ0n) is 33.5. The Labute approximate surface area is 402 Å². The molecular formula is C30H45N8Na2O19PS2+2. The third kappa shape index (κ3) is 21.7. The molecule has 4 amide bonds. The van der Waals surface area contributed by atoms with Gasteiger partial charge >= 0.3 is 96.4 Å². The Balaban J connectivity index is 0.0000186. The van der Waals surface area contributed by atoms with Crippen molar-refractivity contribution in [2.45, 2.75) is 81.6 Å². The van der Waals surface area contributed by atoms with Crippen molar-refractivity contribution in [3.05, 3.63) is 32.6 Å². The molecule has 62 heavy (non-hydrogen) atoms. The Hall–Kier alpha value is -2.87. The van der Waals surface area contributed by atoms with Gasteiger partial charge in [0.05, 0.1) is 12.7 Å². The molecule has 2 rings (SSSR count). The fourth-order valence-electron chi connectivity index (χ4n) is 4.88. The normalized spacial score (nSPS) is 18.5. The smallest absolute Gasteiger partial charge is 0.480 e. The molecule has 0 radical (unpaired) electrons. The minimum absolute atomic E-state index is 0. The number of aromatic amines is 1. The average molecular weight is 963 g/mol. The van der Waals surface area contributed by atoms with E-state index in [9.17, 15) is 67.6 Å². The van der Waals surface area contributed by atoms with Crippen LogP contribution >= 0.6 is 29.3 Å². The largest absolute Gasteiger partial charge is 1.00 e. The van der Waals surface area contributed by atoms with Crippen LogP contribution in [0.4, 0.5) is 0 Å². The van der Waals surface area contributed by atoms with Crippen molar-refractivity contribution >= 4 is 76.8 Å². The van der Waals surface area contributed by atoms with Crippen molar-refractivity contribution < 1.29 is 142 Å². The second-order valence-corrected chi connectivity index (χ2v) is 16.9. The number of carbonyl (C=O) groups excluding carboxylic acids is 4. The number of nitrogens with zero attached hydrogens (tertiary/aromatic N) is 1. The van der Waals surface area contributed by atoms with Crippen LogP contribution < -0.4 is 102 Å². The summed E-state index contributed by atoms with van der Waals surface area (Å²) in [7, 11) is -3.31. The van der Waals surface area contributed by atoms with Gasteiger partial charge in [0.2, 0.25) is 23.6 Å². The number of ether oxygens (including phenoxy) is 1. The molecule has 0 aliphatic carbocycles. The molecule has 1 aromatic heterocycles. The number of amides is 4. The van der Waals surface area contributed by atoms with Crippen molar-refractivity contribution in [1.82, 2.24) is 35.9 Å². The summed E-state index contributed by atoms with van der Waals surface area (Å²) in [5.41, 5.74) is 4.06. The van der Waals surface area contributed by atoms with Crippen LogP contribution in [-0.4, -0.2) is 155 Å². The summed E-state index contributed by atoms with van der Waals surface area (Å²) in [5, 5.41) is 57.4. The van der Waals surface area contributed by atoms with E-state index in [-0.39, 0.29) is 89.0 Å². The first-order valence-corrected chi connectivity index (χ1v) is 21.5. The number of carbonyl (C=O) groups is 8. The number of aliphatic hydroxyl groups is 1. The summed E-state index contributed by atoms with van der Waals surface area (Å²) in [6.45, 7) is -1.02. The number of nitrogens with two attached hydrogens (primary N) is 1. The number of hydrogen-bond donors (Lipinski definition) is 13. The molecule has 1 aliphatic heterocycles. The summed E-state index contributed by atoms with van der Waals surface area (Å²) in [6.07, 6.45) is -4.72. The molecule has 6 unspecified atom stereocenters. The van der Waals surface area contributed by atoms with Crippen LogP contribution in [0.25, 0.3) is 0 Å². The third-order valence-electron chi connectivity index (χ3n) is 8.03. The van der Waals surface area contributed by atoms with Crippen molar-refractivity contribution in [2.75, 3.05) is 31.2 Å². The summed E-state index contributed by atoms with van der Waals surface area (Å²) in [5.74, 6) is -10.2. The van der Waals surface area contributed by atoms with Gasteiger partial charge in [-0.25, -0.2) is 14.4 Å². The number of nitrogens with one attached hydrogen (secondary N) is 6. The van der Waals surface area contributed by atoms with Gasteiger partial charge in [0.1, 0.15) is 49.6 Å². The minimum atomic E-state index is -4.99. The quantitative estimate of drug-likeness (QED) is 0.0168. The van der Waals surface area contributed by atoms with Crippen molar-refractivity contribution in [1.29, 1.82) is 0 Å². The Kier molecular flexibility index (Phi) is 27.5. The minimum Gasteiger partial charge on any atom is -0.480 e. The number of rotatable bonds is 27. The van der Waals surface area contributed by atoms with E-state index in [1.165, 1.54) is 13.1 Å². The zero-order valence-corrected chi connectivity index (χ0v) is 40.0. The summed E-state index contributed by atoms with van der Waals surface area (Å²) < 4.78 is 24.3. The van der Waals surface area contributed by atoms with E-state index in [1.54, 1.807) is 0 Å². The van der Waals surface area contributed by atoms with Crippen molar-refractivity contribution in [3.8, 4) is 0 Å². The fourth-order valence-corrected chi connectivity index (χ4v) is 8.26. The maximum atomic E-state index is 12.9. The van der Waals surface area contributed by atoms with E-state index in [0.717, 1.165) is 26.2 Å². The number of carboxylic acid groups (broad SMARTS) is 4. The van der Waals surface area contributed by atoms with E-state index in [2.05, 4.69) is 26.3 Å². The van der Waals surface area contributed by atoms with Gasteiger partial charge in [-0.15, -0.1) is 0 Å². The molecule has 1 saturated heterocycles. The topological polar surface area (TPSA) is 434 Å². The van der Waals surface area contributed by atoms with E-state index in [1.807, 2.05) is 5.09 Å². The van der Waals surface area contributed by atoms with E-state index in [0.29, 0.717) is 0 Å². The maximum absolute atomic E-state index is 12.9. The van der Waals surface area contributed by atoms with Crippen LogP contribution in [-0.2, 0) is 52.2 Å². The Morgan fingerprint density at radius 1 is 0.887 bits per heavy atom. The van der Waals surface area contributed by atoms with Crippen LogP contribution in [0.2, 0.25) is 0 Å². The first-order chi connectivity index (χ1) is 28.0. The molecule has 336 valence electrons. The monoisotopic (exact) mass is 962 g/mol. The Morgan fingerprint density at radius 2 is 1.39 bits per heavy atom. The van der Waals surface area contributed by atoms with Crippen LogP contribution in [0.15, 0.2) is 15.8 Å². The van der Waals surface area contributed by atoms with E-state index >= 15 is 0 Å². The number of aliphatic hydroxyl groups excluding tert-OH is 1. The van der Waals surface area contributed by atoms with Crippen LogP contribution in [0, 0.1) is 6.92 Å². The maximum Gasteiger partial charge on any atom is 1.00 e. The summed E-state index contributed by atoms with van der Waals surface area (Å²) in [6, 6.07) is -6.14. The molecule has 0 saturated carbocycles.